The predicted octanol–water partition coefficient (Wildman–Crippen LogP) is 2.69. The van der Waals surface area contributed by atoms with Crippen molar-refractivity contribution in [3.8, 4) is 0 Å². The molecule has 0 bridgehead atoms. The lowest BCUT2D eigenvalue weighted by molar-refractivity contribution is -0.132. The Bertz CT molecular complexity index is 884. The number of hydrogen-bond donors (Lipinski definition) is 0. The minimum Gasteiger partial charge on any atom is -0.342 e. The summed E-state index contributed by atoms with van der Waals surface area (Å²) < 4.78 is 4.06. The van der Waals surface area contributed by atoms with Gasteiger partial charge in [-0.25, -0.2) is 9.97 Å². The van der Waals surface area contributed by atoms with Crippen LogP contribution < -0.4 is 0 Å². The standard InChI is InChI=1S/C19H24N6OS/c1-15-4-6-22-25(15)9-5-18(26)23-8-2-3-16(11-23)19-20-7-10-24(19)12-17-13-27-14-21-17/h4,6-7,10,13-14,16H,2-3,5,8-9,11-12H2,1H3/t16-/m0/s1. The second kappa shape index (κ2) is 8.04. The van der Waals surface area contributed by atoms with Crippen LogP contribution in [0, 0.1) is 6.92 Å². The number of carbonyl (C=O) groups excluding carboxylic acids is 1. The topological polar surface area (TPSA) is 68.8 Å². The molecule has 0 spiro atoms. The Kier molecular flexibility index (Phi) is 5.33. The number of hydrogen-bond acceptors (Lipinski definition) is 5. The first-order valence-electron chi connectivity index (χ1n) is 9.35. The highest BCUT2D eigenvalue weighted by atomic mass is 32.1. The summed E-state index contributed by atoms with van der Waals surface area (Å²) >= 11 is 1.61. The van der Waals surface area contributed by atoms with Crippen molar-refractivity contribution in [3.63, 3.8) is 0 Å². The van der Waals surface area contributed by atoms with Gasteiger partial charge in [-0.15, -0.1) is 11.3 Å². The fraction of sp³-hybridized carbons (Fsp3) is 0.474. The molecular weight excluding hydrogens is 360 g/mol. The molecule has 0 N–H and O–H groups in total. The number of carbonyl (C=O) groups is 1. The van der Waals surface area contributed by atoms with E-state index in [1.165, 1.54) is 0 Å². The van der Waals surface area contributed by atoms with Crippen molar-refractivity contribution in [1.29, 1.82) is 0 Å². The average Bonchev–Trinajstić information content (AvgIpc) is 3.43. The van der Waals surface area contributed by atoms with E-state index in [0.717, 1.165) is 49.7 Å². The SMILES string of the molecule is Cc1ccnn1CCC(=O)N1CCC[C@H](c2nccn2Cc2cscn2)C1. The predicted molar refractivity (Wildman–Crippen MR) is 104 cm³/mol. The molecule has 0 unspecified atom stereocenters. The van der Waals surface area contributed by atoms with Crippen LogP contribution in [0.4, 0.5) is 0 Å². The fourth-order valence-corrected chi connectivity index (χ4v) is 4.26. The molecule has 0 saturated carbocycles. The van der Waals surface area contributed by atoms with Gasteiger partial charge in [0.25, 0.3) is 0 Å². The molecular formula is C19H24N6OS. The Morgan fingerprint density at radius 3 is 3.04 bits per heavy atom. The van der Waals surface area contributed by atoms with Crippen LogP contribution in [0.3, 0.4) is 0 Å². The molecule has 27 heavy (non-hydrogen) atoms. The van der Waals surface area contributed by atoms with E-state index in [4.69, 9.17) is 0 Å². The molecule has 0 radical (unpaired) electrons. The molecule has 0 aromatic carbocycles. The average molecular weight is 385 g/mol. The minimum absolute atomic E-state index is 0.201. The van der Waals surface area contributed by atoms with Gasteiger partial charge < -0.3 is 9.47 Å². The molecule has 1 amide bonds. The number of aromatic nitrogens is 5. The van der Waals surface area contributed by atoms with Crippen molar-refractivity contribution in [2.24, 2.45) is 0 Å². The lowest BCUT2D eigenvalue weighted by Gasteiger charge is -2.32. The number of thiazole rings is 1. The molecule has 0 aliphatic carbocycles. The zero-order valence-electron chi connectivity index (χ0n) is 15.5. The normalized spacial score (nSPS) is 17.4. The molecule has 3 aromatic heterocycles. The van der Waals surface area contributed by atoms with Gasteiger partial charge in [0, 0.05) is 61.6 Å². The monoisotopic (exact) mass is 384 g/mol. The zero-order valence-corrected chi connectivity index (χ0v) is 16.3. The van der Waals surface area contributed by atoms with Crippen LogP contribution in [0.5, 0.6) is 0 Å². The largest absolute Gasteiger partial charge is 0.342 e. The summed E-state index contributed by atoms with van der Waals surface area (Å²) in [7, 11) is 0. The van der Waals surface area contributed by atoms with E-state index in [1.807, 2.05) is 40.5 Å². The molecule has 1 saturated heterocycles. The van der Waals surface area contributed by atoms with Crippen LogP contribution in [-0.2, 0) is 17.9 Å². The Morgan fingerprint density at radius 1 is 1.33 bits per heavy atom. The van der Waals surface area contributed by atoms with Crippen LogP contribution in [0.25, 0.3) is 0 Å². The third-order valence-corrected chi connectivity index (χ3v) is 5.80. The molecule has 1 aliphatic heterocycles. The number of likely N-dealkylation sites (tertiary alicyclic amines) is 1. The van der Waals surface area contributed by atoms with Crippen LogP contribution in [-0.4, -0.2) is 48.2 Å². The highest BCUT2D eigenvalue weighted by molar-refractivity contribution is 7.07. The third kappa shape index (κ3) is 4.10. The maximum atomic E-state index is 12.7. The quantitative estimate of drug-likeness (QED) is 0.655. The molecule has 4 rings (SSSR count). The Labute approximate surface area is 162 Å². The molecule has 3 aromatic rings. The first kappa shape index (κ1) is 17.9. The smallest absolute Gasteiger partial charge is 0.224 e. The number of amides is 1. The van der Waals surface area contributed by atoms with E-state index in [2.05, 4.69) is 25.0 Å². The molecule has 1 atom stereocenters. The second-order valence-corrected chi connectivity index (χ2v) is 7.74. The van der Waals surface area contributed by atoms with Gasteiger partial charge in [-0.3, -0.25) is 9.48 Å². The molecule has 1 fully saturated rings. The number of rotatable bonds is 6. The van der Waals surface area contributed by atoms with E-state index < -0.39 is 0 Å². The van der Waals surface area contributed by atoms with Gasteiger partial charge in [-0.1, -0.05) is 0 Å². The van der Waals surface area contributed by atoms with E-state index in [1.54, 1.807) is 17.5 Å². The first-order chi connectivity index (χ1) is 13.2. The summed E-state index contributed by atoms with van der Waals surface area (Å²) in [5.41, 5.74) is 4.00. The minimum atomic E-state index is 0.201. The maximum absolute atomic E-state index is 12.7. The van der Waals surface area contributed by atoms with Crippen molar-refractivity contribution >= 4 is 17.2 Å². The van der Waals surface area contributed by atoms with Crippen molar-refractivity contribution < 1.29 is 4.79 Å². The van der Waals surface area contributed by atoms with E-state index in [0.29, 0.717) is 13.0 Å². The van der Waals surface area contributed by atoms with E-state index in [-0.39, 0.29) is 11.8 Å². The third-order valence-electron chi connectivity index (χ3n) is 5.17. The van der Waals surface area contributed by atoms with Crippen LogP contribution >= 0.6 is 11.3 Å². The van der Waals surface area contributed by atoms with Gasteiger partial charge in [0.05, 0.1) is 17.7 Å². The molecule has 142 valence electrons. The summed E-state index contributed by atoms with van der Waals surface area (Å²) in [6.07, 6.45) is 8.21. The molecule has 1 aliphatic rings. The zero-order chi connectivity index (χ0) is 18.6. The van der Waals surface area contributed by atoms with Gasteiger partial charge in [0.15, 0.2) is 0 Å². The number of imidazole rings is 1. The van der Waals surface area contributed by atoms with Crippen molar-refractivity contribution in [1.82, 2.24) is 29.2 Å². The van der Waals surface area contributed by atoms with Crippen LogP contribution in [0.15, 0.2) is 35.5 Å². The van der Waals surface area contributed by atoms with Crippen LogP contribution in [0.1, 0.15) is 42.4 Å². The second-order valence-electron chi connectivity index (χ2n) is 7.02. The van der Waals surface area contributed by atoms with Crippen molar-refractivity contribution in [2.45, 2.75) is 45.2 Å². The molecule has 4 heterocycles. The summed E-state index contributed by atoms with van der Waals surface area (Å²) in [6, 6.07) is 1.96. The summed E-state index contributed by atoms with van der Waals surface area (Å²) in [5, 5.41) is 6.33. The number of nitrogens with zero attached hydrogens (tertiary/aromatic N) is 6. The van der Waals surface area contributed by atoms with E-state index >= 15 is 0 Å². The lowest BCUT2D eigenvalue weighted by Crippen LogP contribution is -2.40. The summed E-state index contributed by atoms with van der Waals surface area (Å²) in [6.45, 7) is 4.96. The van der Waals surface area contributed by atoms with Crippen molar-refractivity contribution in [2.75, 3.05) is 13.1 Å². The van der Waals surface area contributed by atoms with Gasteiger partial charge in [-0.2, -0.15) is 5.10 Å². The number of aryl methyl sites for hydroxylation is 2. The van der Waals surface area contributed by atoms with Gasteiger partial charge in [-0.05, 0) is 25.8 Å². The van der Waals surface area contributed by atoms with Gasteiger partial charge in [0.2, 0.25) is 5.91 Å². The van der Waals surface area contributed by atoms with Crippen molar-refractivity contribution in [3.05, 3.63) is 52.8 Å². The van der Waals surface area contributed by atoms with Gasteiger partial charge >= 0.3 is 0 Å². The maximum Gasteiger partial charge on any atom is 0.224 e. The first-order valence-corrected chi connectivity index (χ1v) is 10.3. The fourth-order valence-electron chi connectivity index (χ4n) is 3.71. The van der Waals surface area contributed by atoms with E-state index in [9.17, 15) is 4.79 Å². The lowest BCUT2D eigenvalue weighted by atomic mass is 9.96. The highest BCUT2D eigenvalue weighted by Crippen LogP contribution is 2.26. The number of piperidine rings is 1. The van der Waals surface area contributed by atoms with Crippen LogP contribution in [0.2, 0.25) is 0 Å². The Hall–Kier alpha value is -2.48. The Morgan fingerprint density at radius 2 is 2.26 bits per heavy atom. The van der Waals surface area contributed by atoms with Gasteiger partial charge in [0.1, 0.15) is 5.82 Å². The molecule has 8 heteroatoms. The highest BCUT2D eigenvalue weighted by Gasteiger charge is 2.27. The Balaban J connectivity index is 1.39. The molecule has 7 nitrogen and oxygen atoms in total. The summed E-state index contributed by atoms with van der Waals surface area (Å²) in [5.74, 6) is 1.54. The summed E-state index contributed by atoms with van der Waals surface area (Å²) in [4.78, 5) is 23.7.